The molecule has 2 unspecified atom stereocenters. The van der Waals surface area contributed by atoms with E-state index in [2.05, 4.69) is 31.9 Å². The van der Waals surface area contributed by atoms with Crippen LogP contribution in [0, 0.1) is 0 Å². The predicted octanol–water partition coefficient (Wildman–Crippen LogP) is 2.41. The number of hydrogen-bond donors (Lipinski definition) is 1. The van der Waals surface area contributed by atoms with E-state index in [0.29, 0.717) is 0 Å². The molecule has 0 aromatic rings. The lowest BCUT2D eigenvalue weighted by Crippen LogP contribution is -2.34. The van der Waals surface area contributed by atoms with Crippen LogP contribution in [0.5, 0.6) is 0 Å². The van der Waals surface area contributed by atoms with Gasteiger partial charge in [-0.05, 0) is 19.3 Å². The molecule has 1 aliphatic rings. The Morgan fingerprint density at radius 2 is 2.11 bits per heavy atom. The van der Waals surface area contributed by atoms with E-state index < -0.39 is 4.51 Å². The zero-order chi connectivity index (χ0) is 6.91. The standard InChI is InChI=1S/C6H10Br2O/c7-5-3-1-2-4-6(5,8)9/h5,9H,1-4H2. The van der Waals surface area contributed by atoms with Gasteiger partial charge in [-0.15, -0.1) is 0 Å². The Kier molecular flexibility index (Phi) is 2.57. The van der Waals surface area contributed by atoms with E-state index >= 15 is 0 Å². The van der Waals surface area contributed by atoms with Gasteiger partial charge in [-0.25, -0.2) is 0 Å². The summed E-state index contributed by atoms with van der Waals surface area (Å²) in [5.41, 5.74) is 0. The largest absolute Gasteiger partial charge is 0.378 e. The van der Waals surface area contributed by atoms with E-state index in [1.807, 2.05) is 0 Å². The monoisotopic (exact) mass is 256 g/mol. The van der Waals surface area contributed by atoms with Crippen molar-refractivity contribution in [2.24, 2.45) is 0 Å². The van der Waals surface area contributed by atoms with Gasteiger partial charge in [0.15, 0.2) is 0 Å². The van der Waals surface area contributed by atoms with E-state index in [4.69, 9.17) is 0 Å². The fraction of sp³-hybridized carbons (Fsp3) is 1.00. The molecular weight excluding hydrogens is 248 g/mol. The first kappa shape index (κ1) is 8.02. The van der Waals surface area contributed by atoms with E-state index in [9.17, 15) is 5.11 Å². The van der Waals surface area contributed by atoms with Crippen molar-refractivity contribution in [1.82, 2.24) is 0 Å². The number of alkyl halides is 2. The minimum atomic E-state index is -0.634. The summed E-state index contributed by atoms with van der Waals surface area (Å²) in [6.07, 6.45) is 4.29. The number of rotatable bonds is 0. The molecule has 1 saturated carbocycles. The minimum Gasteiger partial charge on any atom is -0.378 e. The van der Waals surface area contributed by atoms with Crippen molar-refractivity contribution in [1.29, 1.82) is 0 Å². The summed E-state index contributed by atoms with van der Waals surface area (Å²) in [6, 6.07) is 0. The molecule has 1 rings (SSSR count). The summed E-state index contributed by atoms with van der Waals surface area (Å²) in [4.78, 5) is 0.235. The minimum absolute atomic E-state index is 0.235. The SMILES string of the molecule is OC1(Br)CCCCC1Br. The second kappa shape index (κ2) is 2.89. The smallest absolute Gasteiger partial charge is 0.131 e. The van der Waals surface area contributed by atoms with Crippen molar-refractivity contribution in [3.05, 3.63) is 0 Å². The maximum absolute atomic E-state index is 9.51. The molecule has 54 valence electrons. The first-order valence-electron chi connectivity index (χ1n) is 3.18. The summed E-state index contributed by atoms with van der Waals surface area (Å²) >= 11 is 6.68. The first-order valence-corrected chi connectivity index (χ1v) is 4.89. The summed E-state index contributed by atoms with van der Waals surface area (Å²) in [5.74, 6) is 0. The highest BCUT2D eigenvalue weighted by Gasteiger charge is 2.34. The first-order chi connectivity index (χ1) is 4.13. The second-order valence-corrected chi connectivity index (χ2v) is 5.01. The maximum Gasteiger partial charge on any atom is 0.131 e. The van der Waals surface area contributed by atoms with Gasteiger partial charge < -0.3 is 5.11 Å². The third kappa shape index (κ3) is 1.92. The fourth-order valence-corrected chi connectivity index (χ4v) is 2.14. The molecule has 0 saturated heterocycles. The Balaban J connectivity index is 2.49. The average Bonchev–Trinajstić information content (AvgIpc) is 1.77. The molecule has 3 heteroatoms. The van der Waals surface area contributed by atoms with Crippen LogP contribution < -0.4 is 0 Å². The zero-order valence-electron chi connectivity index (χ0n) is 5.11. The lowest BCUT2D eigenvalue weighted by atomic mass is 9.98. The highest BCUT2D eigenvalue weighted by Crippen LogP contribution is 2.37. The maximum atomic E-state index is 9.51. The molecule has 0 heterocycles. The average molecular weight is 258 g/mol. The summed E-state index contributed by atoms with van der Waals surface area (Å²) in [6.45, 7) is 0. The van der Waals surface area contributed by atoms with Gasteiger partial charge in [0.05, 0.1) is 4.83 Å². The van der Waals surface area contributed by atoms with Gasteiger partial charge in [0.1, 0.15) is 4.51 Å². The van der Waals surface area contributed by atoms with Crippen LogP contribution in [0.4, 0.5) is 0 Å². The fourth-order valence-electron chi connectivity index (χ4n) is 1.07. The highest BCUT2D eigenvalue weighted by atomic mass is 79.9. The van der Waals surface area contributed by atoms with Crippen LogP contribution >= 0.6 is 31.9 Å². The van der Waals surface area contributed by atoms with E-state index in [1.165, 1.54) is 6.42 Å². The molecule has 0 aliphatic heterocycles. The topological polar surface area (TPSA) is 20.2 Å². The molecule has 2 atom stereocenters. The van der Waals surface area contributed by atoms with Gasteiger partial charge in [0.25, 0.3) is 0 Å². The third-order valence-corrected chi connectivity index (χ3v) is 4.49. The van der Waals surface area contributed by atoms with Crippen LogP contribution in [-0.4, -0.2) is 14.4 Å². The van der Waals surface area contributed by atoms with Crippen LogP contribution in [0.25, 0.3) is 0 Å². The number of hydrogen-bond acceptors (Lipinski definition) is 1. The van der Waals surface area contributed by atoms with E-state index in [0.717, 1.165) is 19.3 Å². The lowest BCUT2D eigenvalue weighted by Gasteiger charge is -2.31. The van der Waals surface area contributed by atoms with Crippen molar-refractivity contribution in [3.8, 4) is 0 Å². The Morgan fingerprint density at radius 3 is 2.44 bits per heavy atom. The van der Waals surface area contributed by atoms with Gasteiger partial charge in [-0.2, -0.15) is 0 Å². The van der Waals surface area contributed by atoms with Crippen molar-refractivity contribution in [2.45, 2.75) is 35.0 Å². The third-order valence-electron chi connectivity index (χ3n) is 1.71. The molecule has 0 aromatic carbocycles. The van der Waals surface area contributed by atoms with E-state index in [-0.39, 0.29) is 4.83 Å². The van der Waals surface area contributed by atoms with Gasteiger partial charge in [-0.3, -0.25) is 0 Å². The number of aliphatic hydroxyl groups is 1. The van der Waals surface area contributed by atoms with Crippen molar-refractivity contribution in [3.63, 3.8) is 0 Å². The molecule has 1 aliphatic carbocycles. The predicted molar refractivity (Wildman–Crippen MR) is 45.1 cm³/mol. The van der Waals surface area contributed by atoms with Gasteiger partial charge in [-0.1, -0.05) is 38.3 Å². The Morgan fingerprint density at radius 1 is 1.44 bits per heavy atom. The van der Waals surface area contributed by atoms with Crippen LogP contribution in [0.1, 0.15) is 25.7 Å². The van der Waals surface area contributed by atoms with Crippen molar-refractivity contribution >= 4 is 31.9 Å². The van der Waals surface area contributed by atoms with Crippen LogP contribution in [-0.2, 0) is 0 Å². The number of halogens is 2. The lowest BCUT2D eigenvalue weighted by molar-refractivity contribution is 0.111. The van der Waals surface area contributed by atoms with Crippen LogP contribution in [0.3, 0.4) is 0 Å². The van der Waals surface area contributed by atoms with Gasteiger partial charge in [0.2, 0.25) is 0 Å². The summed E-state index contributed by atoms with van der Waals surface area (Å²) in [7, 11) is 0. The Bertz CT molecular complexity index is 103. The summed E-state index contributed by atoms with van der Waals surface area (Å²) in [5, 5.41) is 9.51. The molecule has 1 nitrogen and oxygen atoms in total. The molecule has 0 spiro atoms. The molecule has 9 heavy (non-hydrogen) atoms. The molecule has 0 aromatic heterocycles. The molecule has 0 bridgehead atoms. The van der Waals surface area contributed by atoms with Crippen molar-refractivity contribution in [2.75, 3.05) is 0 Å². The molecule has 0 radical (unpaired) electrons. The van der Waals surface area contributed by atoms with Gasteiger partial charge in [0, 0.05) is 0 Å². The van der Waals surface area contributed by atoms with Crippen LogP contribution in [0.15, 0.2) is 0 Å². The Labute approximate surface area is 72.1 Å². The zero-order valence-corrected chi connectivity index (χ0v) is 8.28. The van der Waals surface area contributed by atoms with Crippen molar-refractivity contribution < 1.29 is 5.11 Å². The molecule has 0 amide bonds. The quantitative estimate of drug-likeness (QED) is 0.661. The normalized spacial score (nSPS) is 45.0. The summed E-state index contributed by atoms with van der Waals surface area (Å²) < 4.78 is -0.634. The van der Waals surface area contributed by atoms with Crippen LogP contribution in [0.2, 0.25) is 0 Å². The molecular formula is C6H10Br2O. The molecule has 1 fully saturated rings. The van der Waals surface area contributed by atoms with E-state index in [1.54, 1.807) is 0 Å². The Hall–Kier alpha value is 0.920. The van der Waals surface area contributed by atoms with Gasteiger partial charge >= 0.3 is 0 Å². The second-order valence-electron chi connectivity index (χ2n) is 2.53. The molecule has 1 N–H and O–H groups in total. The highest BCUT2D eigenvalue weighted by molar-refractivity contribution is 9.12.